The summed E-state index contributed by atoms with van der Waals surface area (Å²) in [5.41, 5.74) is 2.07. The van der Waals surface area contributed by atoms with Crippen LogP contribution in [0.15, 0.2) is 52.1 Å². The van der Waals surface area contributed by atoms with E-state index in [1.807, 2.05) is 24.3 Å². The summed E-state index contributed by atoms with van der Waals surface area (Å²) >= 11 is 0. The molecular weight excluding hydrogens is 380 g/mol. The van der Waals surface area contributed by atoms with Crippen LogP contribution >= 0.6 is 0 Å². The normalized spacial score (nSPS) is 15.7. The van der Waals surface area contributed by atoms with Gasteiger partial charge in [-0.05, 0) is 54.5 Å². The van der Waals surface area contributed by atoms with Crippen molar-refractivity contribution in [3.8, 4) is 0 Å². The number of amides is 1. The average molecular weight is 413 g/mol. The van der Waals surface area contributed by atoms with Crippen molar-refractivity contribution in [3.05, 3.63) is 54.0 Å². The van der Waals surface area contributed by atoms with Crippen molar-refractivity contribution in [2.24, 2.45) is 10.4 Å². The summed E-state index contributed by atoms with van der Waals surface area (Å²) in [7, 11) is 3.55. The minimum absolute atomic E-state index is 0.263. The topological polar surface area (TPSA) is 87.9 Å². The number of nitrogens with one attached hydrogen (secondary N) is 3. The molecule has 1 aromatic carbocycles. The second kappa shape index (κ2) is 10.8. The Kier molecular flexibility index (Phi) is 7.90. The van der Waals surface area contributed by atoms with Gasteiger partial charge in [0.25, 0.3) is 5.91 Å². The van der Waals surface area contributed by atoms with Gasteiger partial charge in [-0.15, -0.1) is 0 Å². The van der Waals surface area contributed by atoms with Gasteiger partial charge in [0, 0.05) is 39.5 Å². The maximum Gasteiger partial charge on any atom is 0.291 e. The van der Waals surface area contributed by atoms with Gasteiger partial charge in [0.05, 0.1) is 6.26 Å². The molecular formula is C23H32N4O3. The van der Waals surface area contributed by atoms with Gasteiger partial charge in [-0.1, -0.05) is 25.0 Å². The SMILES string of the molecule is CN=C(NCc1cccc(NC(=O)c2ccco2)c1)NCC1(CCOC)CCCC1. The third-order valence-corrected chi connectivity index (χ3v) is 5.74. The van der Waals surface area contributed by atoms with Crippen molar-refractivity contribution < 1.29 is 13.9 Å². The Labute approximate surface area is 178 Å². The van der Waals surface area contributed by atoms with E-state index in [0.717, 1.165) is 36.8 Å². The van der Waals surface area contributed by atoms with Crippen LogP contribution in [0.25, 0.3) is 0 Å². The highest BCUT2D eigenvalue weighted by molar-refractivity contribution is 6.02. The average Bonchev–Trinajstić information content (AvgIpc) is 3.46. The Morgan fingerprint density at radius 2 is 2.03 bits per heavy atom. The zero-order valence-corrected chi connectivity index (χ0v) is 17.9. The van der Waals surface area contributed by atoms with E-state index in [4.69, 9.17) is 9.15 Å². The van der Waals surface area contributed by atoms with E-state index in [0.29, 0.717) is 12.0 Å². The molecule has 0 saturated heterocycles. The Balaban J connectivity index is 1.51. The number of carbonyl (C=O) groups excluding carboxylic acids is 1. The molecule has 30 heavy (non-hydrogen) atoms. The van der Waals surface area contributed by atoms with Gasteiger partial charge in [-0.2, -0.15) is 0 Å². The predicted octanol–water partition coefficient (Wildman–Crippen LogP) is 3.79. The fourth-order valence-electron chi connectivity index (χ4n) is 4.00. The first kappa shape index (κ1) is 21.9. The van der Waals surface area contributed by atoms with Gasteiger partial charge in [0.1, 0.15) is 0 Å². The minimum Gasteiger partial charge on any atom is -0.459 e. The molecule has 3 N–H and O–H groups in total. The number of carbonyl (C=O) groups is 1. The van der Waals surface area contributed by atoms with Crippen molar-refractivity contribution in [3.63, 3.8) is 0 Å². The molecule has 1 aliphatic carbocycles. The lowest BCUT2D eigenvalue weighted by Gasteiger charge is -2.30. The quantitative estimate of drug-likeness (QED) is 0.431. The third kappa shape index (κ3) is 6.10. The molecule has 0 aliphatic heterocycles. The summed E-state index contributed by atoms with van der Waals surface area (Å²) in [5.74, 6) is 0.807. The van der Waals surface area contributed by atoms with Gasteiger partial charge in [-0.25, -0.2) is 0 Å². The fourth-order valence-corrected chi connectivity index (χ4v) is 4.00. The number of nitrogens with zero attached hydrogens (tertiary/aromatic N) is 1. The Morgan fingerprint density at radius 1 is 1.20 bits per heavy atom. The zero-order valence-electron chi connectivity index (χ0n) is 17.9. The third-order valence-electron chi connectivity index (χ3n) is 5.74. The Bertz CT molecular complexity index is 827. The lowest BCUT2D eigenvalue weighted by atomic mass is 9.83. The van der Waals surface area contributed by atoms with E-state index in [1.165, 1.54) is 31.9 Å². The molecule has 0 radical (unpaired) electrons. The largest absolute Gasteiger partial charge is 0.459 e. The van der Waals surface area contributed by atoms with Crippen molar-refractivity contribution >= 4 is 17.6 Å². The van der Waals surface area contributed by atoms with Gasteiger partial charge in [0.15, 0.2) is 11.7 Å². The highest BCUT2D eigenvalue weighted by Crippen LogP contribution is 2.40. The molecule has 1 aliphatic rings. The van der Waals surface area contributed by atoms with E-state index < -0.39 is 0 Å². The molecule has 1 amide bonds. The van der Waals surface area contributed by atoms with Crippen LogP contribution in [-0.2, 0) is 11.3 Å². The second-order valence-electron chi connectivity index (χ2n) is 7.86. The first-order chi connectivity index (χ1) is 14.6. The van der Waals surface area contributed by atoms with E-state index >= 15 is 0 Å². The van der Waals surface area contributed by atoms with Crippen LogP contribution < -0.4 is 16.0 Å². The van der Waals surface area contributed by atoms with Gasteiger partial charge in [-0.3, -0.25) is 9.79 Å². The number of anilines is 1. The van der Waals surface area contributed by atoms with Crippen LogP contribution in [0.1, 0.15) is 48.2 Å². The van der Waals surface area contributed by atoms with Gasteiger partial charge >= 0.3 is 0 Å². The van der Waals surface area contributed by atoms with Gasteiger partial charge < -0.3 is 25.1 Å². The van der Waals surface area contributed by atoms with Crippen LogP contribution in [0, 0.1) is 5.41 Å². The summed E-state index contributed by atoms with van der Waals surface area (Å²) in [6, 6.07) is 11.1. The van der Waals surface area contributed by atoms with E-state index in [1.54, 1.807) is 26.3 Å². The molecule has 0 spiro atoms. The number of furan rings is 1. The second-order valence-corrected chi connectivity index (χ2v) is 7.86. The maximum atomic E-state index is 12.2. The number of benzene rings is 1. The Morgan fingerprint density at radius 3 is 2.73 bits per heavy atom. The molecule has 0 unspecified atom stereocenters. The summed E-state index contributed by atoms with van der Waals surface area (Å²) in [5, 5.41) is 9.72. The summed E-state index contributed by atoms with van der Waals surface area (Å²) < 4.78 is 10.5. The van der Waals surface area contributed by atoms with Crippen molar-refractivity contribution in [2.75, 3.05) is 32.6 Å². The van der Waals surface area contributed by atoms with Gasteiger partial charge in [0.2, 0.25) is 0 Å². The molecule has 162 valence electrons. The van der Waals surface area contributed by atoms with Crippen LogP contribution in [-0.4, -0.2) is 39.2 Å². The Hall–Kier alpha value is -2.80. The number of guanidine groups is 1. The molecule has 3 rings (SSSR count). The number of aliphatic imine (C=N–C) groups is 1. The number of rotatable bonds is 9. The predicted molar refractivity (Wildman–Crippen MR) is 119 cm³/mol. The number of hydrogen-bond acceptors (Lipinski definition) is 4. The van der Waals surface area contributed by atoms with E-state index in [2.05, 4.69) is 20.9 Å². The zero-order chi connectivity index (χ0) is 21.2. The molecule has 7 heteroatoms. The summed E-state index contributed by atoms with van der Waals surface area (Å²) in [6.07, 6.45) is 7.60. The highest BCUT2D eigenvalue weighted by atomic mass is 16.5. The number of hydrogen-bond donors (Lipinski definition) is 3. The van der Waals surface area contributed by atoms with Crippen LogP contribution in [0.2, 0.25) is 0 Å². The van der Waals surface area contributed by atoms with Crippen LogP contribution in [0.3, 0.4) is 0 Å². The van der Waals surface area contributed by atoms with Crippen molar-refractivity contribution in [1.29, 1.82) is 0 Å². The monoisotopic (exact) mass is 412 g/mol. The minimum atomic E-state index is -0.263. The molecule has 1 heterocycles. The molecule has 1 fully saturated rings. The van der Waals surface area contributed by atoms with Crippen LogP contribution in [0.4, 0.5) is 5.69 Å². The van der Waals surface area contributed by atoms with E-state index in [-0.39, 0.29) is 11.7 Å². The lowest BCUT2D eigenvalue weighted by Crippen LogP contribution is -2.43. The maximum absolute atomic E-state index is 12.2. The summed E-state index contributed by atoms with van der Waals surface area (Å²) in [4.78, 5) is 16.5. The molecule has 7 nitrogen and oxygen atoms in total. The molecule has 0 bridgehead atoms. The fraction of sp³-hybridized carbons (Fsp3) is 0.478. The summed E-state index contributed by atoms with van der Waals surface area (Å²) in [6.45, 7) is 2.30. The molecule has 1 saturated carbocycles. The number of methoxy groups -OCH3 is 1. The highest BCUT2D eigenvalue weighted by Gasteiger charge is 2.33. The molecule has 2 aromatic rings. The first-order valence-electron chi connectivity index (χ1n) is 10.5. The first-order valence-corrected chi connectivity index (χ1v) is 10.5. The lowest BCUT2D eigenvalue weighted by molar-refractivity contribution is 0.0996. The smallest absolute Gasteiger partial charge is 0.291 e. The number of ether oxygens (including phenoxy) is 1. The standard InChI is InChI=1S/C23H32N4O3/c1-24-22(26-17-23(12-14-29-2)10-3-4-11-23)25-16-18-7-5-8-19(15-18)27-21(28)20-9-6-13-30-20/h5-9,13,15H,3-4,10-12,14,16-17H2,1-2H3,(H,27,28)(H2,24,25,26). The molecule has 1 aromatic heterocycles. The van der Waals surface area contributed by atoms with Crippen molar-refractivity contribution in [2.45, 2.75) is 38.6 Å². The van der Waals surface area contributed by atoms with Crippen molar-refractivity contribution in [1.82, 2.24) is 10.6 Å². The van der Waals surface area contributed by atoms with E-state index in [9.17, 15) is 4.79 Å². The molecule has 0 atom stereocenters. The van der Waals surface area contributed by atoms with Crippen LogP contribution in [0.5, 0.6) is 0 Å².